The number of nitrogens with zero attached hydrogens (tertiary/aromatic N) is 3. The predicted octanol–water partition coefficient (Wildman–Crippen LogP) is 5.29. The standard InChI is InChI=1S/C17H22ClN3S/c1-2-21-16(14-8-4-3-5-9-14)19-20-17(21)22-12-13-7-6-10-15(18)11-13/h6-7,10-11,14H,2-5,8-9,12H2,1H3. The minimum Gasteiger partial charge on any atom is -0.306 e. The van der Waals surface area contributed by atoms with Crippen molar-refractivity contribution in [3.63, 3.8) is 0 Å². The molecule has 2 aromatic rings. The minimum atomic E-state index is 0.599. The summed E-state index contributed by atoms with van der Waals surface area (Å²) in [5.74, 6) is 2.67. The largest absolute Gasteiger partial charge is 0.306 e. The van der Waals surface area contributed by atoms with Crippen LogP contribution in [0.15, 0.2) is 29.4 Å². The van der Waals surface area contributed by atoms with Crippen LogP contribution in [0.2, 0.25) is 5.02 Å². The summed E-state index contributed by atoms with van der Waals surface area (Å²) in [7, 11) is 0. The molecule has 1 aromatic carbocycles. The van der Waals surface area contributed by atoms with Gasteiger partial charge in [0.25, 0.3) is 0 Å². The van der Waals surface area contributed by atoms with E-state index in [2.05, 4.69) is 27.8 Å². The van der Waals surface area contributed by atoms with Gasteiger partial charge in [-0.2, -0.15) is 0 Å². The molecule has 3 rings (SSSR count). The molecule has 1 aromatic heterocycles. The molecule has 1 saturated carbocycles. The molecule has 0 amide bonds. The van der Waals surface area contributed by atoms with Gasteiger partial charge in [0, 0.05) is 23.2 Å². The van der Waals surface area contributed by atoms with E-state index in [0.717, 1.165) is 22.5 Å². The van der Waals surface area contributed by atoms with E-state index in [0.29, 0.717) is 5.92 Å². The van der Waals surface area contributed by atoms with Gasteiger partial charge in [-0.1, -0.05) is 54.8 Å². The van der Waals surface area contributed by atoms with E-state index in [9.17, 15) is 0 Å². The van der Waals surface area contributed by atoms with Crippen LogP contribution in [0.3, 0.4) is 0 Å². The molecule has 1 aliphatic carbocycles. The van der Waals surface area contributed by atoms with Gasteiger partial charge in [0.2, 0.25) is 0 Å². The molecule has 0 atom stereocenters. The van der Waals surface area contributed by atoms with Gasteiger partial charge in [-0.25, -0.2) is 0 Å². The Morgan fingerprint density at radius 3 is 2.77 bits per heavy atom. The molecule has 3 nitrogen and oxygen atoms in total. The van der Waals surface area contributed by atoms with Crippen LogP contribution in [-0.4, -0.2) is 14.8 Å². The van der Waals surface area contributed by atoms with E-state index < -0.39 is 0 Å². The summed E-state index contributed by atoms with van der Waals surface area (Å²) in [6.45, 7) is 3.12. The lowest BCUT2D eigenvalue weighted by molar-refractivity contribution is 0.413. The molecule has 1 heterocycles. The first-order valence-electron chi connectivity index (χ1n) is 8.08. The predicted molar refractivity (Wildman–Crippen MR) is 92.5 cm³/mol. The number of benzene rings is 1. The van der Waals surface area contributed by atoms with E-state index in [1.54, 1.807) is 11.8 Å². The van der Waals surface area contributed by atoms with E-state index >= 15 is 0 Å². The highest BCUT2D eigenvalue weighted by atomic mass is 35.5. The fourth-order valence-electron chi connectivity index (χ4n) is 3.14. The van der Waals surface area contributed by atoms with Crippen LogP contribution in [0.25, 0.3) is 0 Å². The number of aromatic nitrogens is 3. The first-order valence-corrected chi connectivity index (χ1v) is 9.44. The Morgan fingerprint density at radius 2 is 2.05 bits per heavy atom. The third-order valence-corrected chi connectivity index (χ3v) is 5.56. The molecular formula is C17H22ClN3S. The normalized spacial score (nSPS) is 16.1. The van der Waals surface area contributed by atoms with Crippen LogP contribution in [0, 0.1) is 0 Å². The Morgan fingerprint density at radius 1 is 1.23 bits per heavy atom. The molecule has 1 fully saturated rings. The average molecular weight is 336 g/mol. The highest BCUT2D eigenvalue weighted by Gasteiger charge is 2.22. The summed E-state index contributed by atoms with van der Waals surface area (Å²) < 4.78 is 2.30. The zero-order valence-electron chi connectivity index (χ0n) is 13.0. The fraction of sp³-hybridized carbons (Fsp3) is 0.529. The molecule has 5 heteroatoms. The smallest absolute Gasteiger partial charge is 0.191 e. The van der Waals surface area contributed by atoms with Crippen LogP contribution in [0.1, 0.15) is 56.3 Å². The van der Waals surface area contributed by atoms with Crippen molar-refractivity contribution in [2.75, 3.05) is 0 Å². The Balaban J connectivity index is 1.72. The maximum absolute atomic E-state index is 6.05. The van der Waals surface area contributed by atoms with Crippen molar-refractivity contribution in [2.45, 2.75) is 62.4 Å². The second kappa shape index (κ2) is 7.51. The van der Waals surface area contributed by atoms with Gasteiger partial charge in [0.15, 0.2) is 5.16 Å². The quantitative estimate of drug-likeness (QED) is 0.695. The summed E-state index contributed by atoms with van der Waals surface area (Å²) in [6.07, 6.45) is 6.54. The number of hydrogen-bond acceptors (Lipinski definition) is 3. The van der Waals surface area contributed by atoms with Crippen LogP contribution in [0.4, 0.5) is 0 Å². The second-order valence-electron chi connectivity index (χ2n) is 5.84. The summed E-state index contributed by atoms with van der Waals surface area (Å²) in [6, 6.07) is 8.03. The Bertz CT molecular complexity index is 620. The Labute approximate surface area is 141 Å². The monoisotopic (exact) mass is 335 g/mol. The van der Waals surface area contributed by atoms with Crippen molar-refractivity contribution >= 4 is 23.4 Å². The zero-order chi connectivity index (χ0) is 15.4. The number of halogens is 1. The van der Waals surface area contributed by atoms with Gasteiger partial charge in [0.1, 0.15) is 5.82 Å². The molecule has 0 radical (unpaired) electrons. The first kappa shape index (κ1) is 15.9. The molecule has 0 N–H and O–H groups in total. The van der Waals surface area contributed by atoms with Crippen molar-refractivity contribution in [3.8, 4) is 0 Å². The van der Waals surface area contributed by atoms with Crippen LogP contribution in [0.5, 0.6) is 0 Å². The van der Waals surface area contributed by atoms with E-state index in [4.69, 9.17) is 11.6 Å². The van der Waals surface area contributed by atoms with Crippen LogP contribution < -0.4 is 0 Å². The SMILES string of the molecule is CCn1c(SCc2cccc(Cl)c2)nnc1C1CCCCC1. The summed E-state index contributed by atoms with van der Waals surface area (Å²) >= 11 is 7.80. The van der Waals surface area contributed by atoms with Crippen molar-refractivity contribution < 1.29 is 0 Å². The van der Waals surface area contributed by atoms with Gasteiger partial charge in [-0.3, -0.25) is 0 Å². The van der Waals surface area contributed by atoms with E-state index in [-0.39, 0.29) is 0 Å². The summed E-state index contributed by atoms with van der Waals surface area (Å²) in [4.78, 5) is 0. The average Bonchev–Trinajstić information content (AvgIpc) is 2.97. The lowest BCUT2D eigenvalue weighted by atomic mass is 9.89. The third-order valence-electron chi connectivity index (χ3n) is 4.29. The van der Waals surface area contributed by atoms with Gasteiger partial charge in [-0.05, 0) is 37.5 Å². The molecular weight excluding hydrogens is 314 g/mol. The number of rotatable bonds is 5. The van der Waals surface area contributed by atoms with E-state index in [1.807, 2.05) is 18.2 Å². The molecule has 1 aliphatic rings. The summed E-state index contributed by atoms with van der Waals surface area (Å²) in [5.41, 5.74) is 1.22. The van der Waals surface area contributed by atoms with E-state index in [1.165, 1.54) is 43.5 Å². The molecule has 0 unspecified atom stereocenters. The maximum atomic E-state index is 6.05. The Hall–Kier alpha value is -1.00. The highest BCUT2D eigenvalue weighted by Crippen LogP contribution is 2.33. The molecule has 0 saturated heterocycles. The first-order chi connectivity index (χ1) is 10.8. The second-order valence-corrected chi connectivity index (χ2v) is 7.22. The summed E-state index contributed by atoms with van der Waals surface area (Å²) in [5, 5.41) is 10.8. The molecule has 22 heavy (non-hydrogen) atoms. The maximum Gasteiger partial charge on any atom is 0.191 e. The zero-order valence-corrected chi connectivity index (χ0v) is 14.5. The highest BCUT2D eigenvalue weighted by molar-refractivity contribution is 7.98. The molecule has 0 bridgehead atoms. The van der Waals surface area contributed by atoms with Gasteiger partial charge < -0.3 is 4.57 Å². The molecule has 0 spiro atoms. The number of thioether (sulfide) groups is 1. The van der Waals surface area contributed by atoms with Crippen molar-refractivity contribution in [2.24, 2.45) is 0 Å². The molecule has 0 aliphatic heterocycles. The van der Waals surface area contributed by atoms with Crippen LogP contribution >= 0.6 is 23.4 Å². The van der Waals surface area contributed by atoms with Gasteiger partial charge in [-0.15, -0.1) is 10.2 Å². The van der Waals surface area contributed by atoms with Gasteiger partial charge in [0.05, 0.1) is 0 Å². The van der Waals surface area contributed by atoms with Crippen molar-refractivity contribution in [3.05, 3.63) is 40.7 Å². The van der Waals surface area contributed by atoms with Crippen molar-refractivity contribution in [1.82, 2.24) is 14.8 Å². The fourth-order valence-corrected chi connectivity index (χ4v) is 4.31. The van der Waals surface area contributed by atoms with Gasteiger partial charge >= 0.3 is 0 Å². The number of hydrogen-bond donors (Lipinski definition) is 0. The lowest BCUT2D eigenvalue weighted by Crippen LogP contribution is -2.12. The molecule has 118 valence electrons. The lowest BCUT2D eigenvalue weighted by Gasteiger charge is -2.21. The van der Waals surface area contributed by atoms with Crippen molar-refractivity contribution in [1.29, 1.82) is 0 Å². The Kier molecular flexibility index (Phi) is 5.42. The van der Waals surface area contributed by atoms with Crippen LogP contribution in [-0.2, 0) is 12.3 Å². The third kappa shape index (κ3) is 3.66. The minimum absolute atomic E-state index is 0.599. The topological polar surface area (TPSA) is 30.7 Å².